The van der Waals surface area contributed by atoms with E-state index in [9.17, 15) is 18.0 Å². The summed E-state index contributed by atoms with van der Waals surface area (Å²) in [4.78, 5) is 27.7. The van der Waals surface area contributed by atoms with E-state index in [1.165, 1.54) is 28.6 Å². The van der Waals surface area contributed by atoms with Gasteiger partial charge in [0.2, 0.25) is 10.0 Å². The van der Waals surface area contributed by atoms with Crippen molar-refractivity contribution in [2.45, 2.75) is 24.3 Å². The fourth-order valence-electron chi connectivity index (χ4n) is 4.52. The van der Waals surface area contributed by atoms with E-state index in [0.717, 1.165) is 5.56 Å². The first-order valence-corrected chi connectivity index (χ1v) is 13.9. The molecule has 0 spiro atoms. The largest absolute Gasteiger partial charge is 0.479 e. The average molecular weight is 536 g/mol. The number of benzene rings is 3. The van der Waals surface area contributed by atoms with Crippen LogP contribution in [-0.4, -0.2) is 63.5 Å². The number of carbonyl (C=O) groups excluding carboxylic acids is 2. The molecule has 0 aromatic heterocycles. The number of amides is 2. The number of fused-ring (bicyclic) bond motifs is 1. The summed E-state index contributed by atoms with van der Waals surface area (Å²) in [6.45, 7) is 3.52. The molecule has 0 radical (unpaired) electrons. The maximum atomic E-state index is 13.0. The number of nitrogens with one attached hydrogen (secondary N) is 1. The molecule has 1 fully saturated rings. The Kier molecular flexibility index (Phi) is 7.46. The highest BCUT2D eigenvalue weighted by Gasteiger charge is 2.32. The monoisotopic (exact) mass is 535 g/mol. The smallest absolute Gasteiger partial charge is 0.267 e. The Morgan fingerprint density at radius 2 is 1.71 bits per heavy atom. The van der Waals surface area contributed by atoms with Gasteiger partial charge in [0.25, 0.3) is 11.8 Å². The number of ether oxygens (including phenoxy) is 2. The quantitative estimate of drug-likeness (QED) is 0.498. The van der Waals surface area contributed by atoms with Gasteiger partial charge in [-0.05, 0) is 61.4 Å². The Hall–Kier alpha value is -3.73. The first kappa shape index (κ1) is 25.9. The topological polar surface area (TPSA) is 105 Å². The summed E-state index contributed by atoms with van der Waals surface area (Å²) in [5, 5.41) is 2.84. The Bertz CT molecular complexity index is 1420. The van der Waals surface area contributed by atoms with Crippen LogP contribution in [0.15, 0.2) is 77.7 Å². The van der Waals surface area contributed by atoms with E-state index in [-0.39, 0.29) is 10.8 Å². The van der Waals surface area contributed by atoms with Crippen molar-refractivity contribution in [2.75, 3.05) is 43.1 Å². The normalized spacial score (nSPS) is 18.0. The summed E-state index contributed by atoms with van der Waals surface area (Å²) in [7, 11) is -3.64. The van der Waals surface area contributed by atoms with Crippen molar-refractivity contribution in [3.63, 3.8) is 0 Å². The van der Waals surface area contributed by atoms with Crippen LogP contribution in [0.5, 0.6) is 5.75 Å². The molecule has 1 atom stereocenters. The van der Waals surface area contributed by atoms with E-state index < -0.39 is 22.0 Å². The highest BCUT2D eigenvalue weighted by molar-refractivity contribution is 7.89. The van der Waals surface area contributed by atoms with E-state index in [1.807, 2.05) is 30.3 Å². The van der Waals surface area contributed by atoms with Gasteiger partial charge in [0, 0.05) is 30.9 Å². The number of hydrogen-bond donors (Lipinski definition) is 1. The second-order valence-electron chi connectivity index (χ2n) is 9.16. The van der Waals surface area contributed by atoms with Crippen LogP contribution < -0.4 is 15.0 Å². The number of sulfonamides is 1. The minimum absolute atomic E-state index is 0.128. The molecule has 0 saturated carbocycles. The van der Waals surface area contributed by atoms with Crippen molar-refractivity contribution >= 4 is 33.2 Å². The average Bonchev–Trinajstić information content (AvgIpc) is 2.94. The molecule has 198 valence electrons. The molecule has 1 saturated heterocycles. The molecule has 0 aliphatic carbocycles. The van der Waals surface area contributed by atoms with Gasteiger partial charge in [0.05, 0.1) is 23.8 Å². The van der Waals surface area contributed by atoms with E-state index in [2.05, 4.69) is 5.32 Å². The lowest BCUT2D eigenvalue weighted by molar-refractivity contribution is -0.125. The maximum Gasteiger partial charge on any atom is 0.267 e. The van der Waals surface area contributed by atoms with Gasteiger partial charge in [-0.1, -0.05) is 30.3 Å². The molecular formula is C28H29N3O6S. The molecule has 1 N–H and O–H groups in total. The molecule has 2 aliphatic rings. The highest BCUT2D eigenvalue weighted by Crippen LogP contribution is 2.36. The number of nitrogens with zero attached hydrogens (tertiary/aromatic N) is 2. The van der Waals surface area contributed by atoms with E-state index >= 15 is 0 Å². The molecule has 2 aliphatic heterocycles. The Labute approximate surface area is 222 Å². The van der Waals surface area contributed by atoms with Gasteiger partial charge < -0.3 is 19.7 Å². The summed E-state index contributed by atoms with van der Waals surface area (Å²) >= 11 is 0. The minimum atomic E-state index is -3.64. The fourth-order valence-corrected chi connectivity index (χ4v) is 5.93. The number of rotatable bonds is 7. The van der Waals surface area contributed by atoms with Crippen molar-refractivity contribution in [3.8, 4) is 5.75 Å². The standard InChI is InChI=1S/C28H29N3O6S/c1-20-28(33)31(14-13-21-5-3-2-4-6-21)25-19-23(9-12-26(25)37-20)29-27(32)22-7-10-24(11-8-22)38(34,35)30-15-17-36-18-16-30/h2-12,19-20H,13-18H2,1H3,(H,29,32). The first-order chi connectivity index (χ1) is 18.3. The number of hydrogen-bond acceptors (Lipinski definition) is 6. The number of anilines is 2. The Balaban J connectivity index is 1.31. The fraction of sp³-hybridized carbons (Fsp3) is 0.286. The van der Waals surface area contributed by atoms with Gasteiger partial charge in [-0.2, -0.15) is 4.31 Å². The summed E-state index contributed by atoms with van der Waals surface area (Å²) in [6, 6.07) is 20.9. The molecule has 2 amide bonds. The van der Waals surface area contributed by atoms with Crippen LogP contribution in [0.1, 0.15) is 22.8 Å². The van der Waals surface area contributed by atoms with Crippen molar-refractivity contribution < 1.29 is 27.5 Å². The van der Waals surface area contributed by atoms with E-state index in [4.69, 9.17) is 9.47 Å². The van der Waals surface area contributed by atoms with Gasteiger partial charge in [0.15, 0.2) is 6.10 Å². The predicted molar refractivity (Wildman–Crippen MR) is 143 cm³/mol. The zero-order valence-electron chi connectivity index (χ0n) is 21.0. The lowest BCUT2D eigenvalue weighted by Crippen LogP contribution is -2.45. The first-order valence-electron chi connectivity index (χ1n) is 12.5. The van der Waals surface area contributed by atoms with Crippen molar-refractivity contribution in [1.29, 1.82) is 0 Å². The van der Waals surface area contributed by atoms with Crippen LogP contribution in [0.25, 0.3) is 0 Å². The molecule has 9 nitrogen and oxygen atoms in total. The Morgan fingerprint density at radius 3 is 2.42 bits per heavy atom. The minimum Gasteiger partial charge on any atom is -0.479 e. The van der Waals surface area contributed by atoms with Gasteiger partial charge in [-0.3, -0.25) is 9.59 Å². The molecule has 2 heterocycles. The SMILES string of the molecule is CC1Oc2ccc(NC(=O)c3ccc(S(=O)(=O)N4CCOCC4)cc3)cc2N(CCc2ccccc2)C1=O. The highest BCUT2D eigenvalue weighted by atomic mass is 32.2. The molecule has 10 heteroatoms. The molecule has 3 aromatic carbocycles. The van der Waals surface area contributed by atoms with Gasteiger partial charge in [-0.25, -0.2) is 8.42 Å². The van der Waals surface area contributed by atoms with Crippen LogP contribution in [0.4, 0.5) is 11.4 Å². The second-order valence-corrected chi connectivity index (χ2v) is 11.1. The molecule has 1 unspecified atom stereocenters. The maximum absolute atomic E-state index is 13.0. The second kappa shape index (κ2) is 10.9. The molecular weight excluding hydrogens is 506 g/mol. The molecule has 5 rings (SSSR count). The van der Waals surface area contributed by atoms with Crippen LogP contribution in [0.3, 0.4) is 0 Å². The third-order valence-electron chi connectivity index (χ3n) is 6.62. The lowest BCUT2D eigenvalue weighted by atomic mass is 10.1. The zero-order chi connectivity index (χ0) is 26.7. The van der Waals surface area contributed by atoms with Crippen molar-refractivity contribution in [3.05, 3.63) is 83.9 Å². The van der Waals surface area contributed by atoms with Gasteiger partial charge in [0.1, 0.15) is 5.75 Å². The van der Waals surface area contributed by atoms with Crippen molar-refractivity contribution in [1.82, 2.24) is 4.31 Å². The van der Waals surface area contributed by atoms with Gasteiger partial charge in [-0.15, -0.1) is 0 Å². The van der Waals surface area contributed by atoms with Crippen LogP contribution in [-0.2, 0) is 26.0 Å². The van der Waals surface area contributed by atoms with Crippen LogP contribution >= 0.6 is 0 Å². The third kappa shape index (κ3) is 5.42. The summed E-state index contributed by atoms with van der Waals surface area (Å²) in [5.41, 5.74) is 2.51. The number of carbonyl (C=O) groups is 2. The molecule has 38 heavy (non-hydrogen) atoms. The molecule has 0 bridgehead atoms. The third-order valence-corrected chi connectivity index (χ3v) is 8.53. The summed E-state index contributed by atoms with van der Waals surface area (Å²) in [5.74, 6) is 0.0299. The summed E-state index contributed by atoms with van der Waals surface area (Å²) < 4.78 is 38.1. The van der Waals surface area contributed by atoms with Crippen LogP contribution in [0, 0.1) is 0 Å². The zero-order valence-corrected chi connectivity index (χ0v) is 21.8. The van der Waals surface area contributed by atoms with E-state index in [0.29, 0.717) is 62.0 Å². The summed E-state index contributed by atoms with van der Waals surface area (Å²) in [6.07, 6.45) is 0.0700. The van der Waals surface area contributed by atoms with Gasteiger partial charge >= 0.3 is 0 Å². The van der Waals surface area contributed by atoms with Crippen LogP contribution in [0.2, 0.25) is 0 Å². The lowest BCUT2D eigenvalue weighted by Gasteiger charge is -2.33. The Morgan fingerprint density at radius 1 is 1.00 bits per heavy atom. The predicted octanol–water partition coefficient (Wildman–Crippen LogP) is 3.32. The van der Waals surface area contributed by atoms with Crippen molar-refractivity contribution in [2.24, 2.45) is 0 Å². The number of morpholine rings is 1. The molecule has 3 aromatic rings. The van der Waals surface area contributed by atoms with E-state index in [1.54, 1.807) is 30.0 Å².